The molecule has 1 heterocycles. The molecule has 2 atom stereocenters. The number of amides is 1. The highest BCUT2D eigenvalue weighted by Gasteiger charge is 2.60. The average molecular weight is 275 g/mol. The highest BCUT2D eigenvalue weighted by Crippen LogP contribution is 2.60. The summed E-state index contributed by atoms with van der Waals surface area (Å²) in [6.45, 7) is 9.17. The monoisotopic (exact) mass is 275 g/mol. The summed E-state index contributed by atoms with van der Waals surface area (Å²) in [5.74, 6) is 0.719. The zero-order chi connectivity index (χ0) is 15.1. The van der Waals surface area contributed by atoms with Gasteiger partial charge in [0.1, 0.15) is 0 Å². The van der Waals surface area contributed by atoms with E-state index in [1.807, 2.05) is 31.4 Å². The molecule has 4 nitrogen and oxygen atoms in total. The Labute approximate surface area is 121 Å². The maximum atomic E-state index is 12.6. The van der Waals surface area contributed by atoms with Gasteiger partial charge in [-0.2, -0.15) is 5.10 Å². The molecule has 0 spiro atoms. The Morgan fingerprint density at radius 3 is 2.65 bits per heavy atom. The SMILES string of the molecule is CC(C)=C[C@@H]1[C@H](C(=O)N(C)Cc2cnn(C)c2)C1(C)C. The van der Waals surface area contributed by atoms with E-state index in [1.54, 1.807) is 4.68 Å². The summed E-state index contributed by atoms with van der Waals surface area (Å²) in [4.78, 5) is 14.4. The van der Waals surface area contributed by atoms with Crippen LogP contribution in [0.25, 0.3) is 0 Å². The van der Waals surface area contributed by atoms with E-state index in [-0.39, 0.29) is 17.2 Å². The van der Waals surface area contributed by atoms with Crippen molar-refractivity contribution < 1.29 is 4.79 Å². The van der Waals surface area contributed by atoms with Gasteiger partial charge in [0, 0.05) is 32.4 Å². The maximum Gasteiger partial charge on any atom is 0.226 e. The topological polar surface area (TPSA) is 38.1 Å². The third-order valence-electron chi connectivity index (χ3n) is 4.24. The van der Waals surface area contributed by atoms with Crippen LogP contribution in [-0.4, -0.2) is 27.6 Å². The first-order valence-corrected chi connectivity index (χ1v) is 7.11. The molecule has 0 N–H and O–H groups in total. The summed E-state index contributed by atoms with van der Waals surface area (Å²) in [5.41, 5.74) is 2.44. The molecule has 0 aromatic carbocycles. The minimum atomic E-state index is 0.0809. The third kappa shape index (κ3) is 2.79. The molecule has 0 radical (unpaired) electrons. The van der Waals surface area contributed by atoms with E-state index in [0.29, 0.717) is 12.5 Å². The van der Waals surface area contributed by atoms with Crippen molar-refractivity contribution in [1.29, 1.82) is 0 Å². The smallest absolute Gasteiger partial charge is 0.226 e. The van der Waals surface area contributed by atoms with E-state index in [4.69, 9.17) is 0 Å². The highest BCUT2D eigenvalue weighted by molar-refractivity contribution is 5.83. The Balaban J connectivity index is 2.03. The molecule has 0 saturated heterocycles. The van der Waals surface area contributed by atoms with Gasteiger partial charge in [-0.1, -0.05) is 25.5 Å². The number of carbonyl (C=O) groups is 1. The van der Waals surface area contributed by atoms with Gasteiger partial charge in [0.05, 0.1) is 12.1 Å². The predicted octanol–water partition coefficient (Wildman–Crippen LogP) is 2.62. The lowest BCUT2D eigenvalue weighted by Gasteiger charge is -2.17. The average Bonchev–Trinajstić information content (AvgIpc) is 2.68. The first kappa shape index (κ1) is 14.8. The summed E-state index contributed by atoms with van der Waals surface area (Å²) in [6.07, 6.45) is 6.01. The van der Waals surface area contributed by atoms with Gasteiger partial charge in [-0.05, 0) is 25.2 Å². The van der Waals surface area contributed by atoms with Crippen LogP contribution in [0.4, 0.5) is 0 Å². The van der Waals surface area contributed by atoms with Gasteiger partial charge in [-0.25, -0.2) is 0 Å². The van der Waals surface area contributed by atoms with Crippen LogP contribution in [0.15, 0.2) is 24.0 Å². The first-order chi connectivity index (χ1) is 9.23. The number of carbonyl (C=O) groups excluding carboxylic acids is 1. The largest absolute Gasteiger partial charge is 0.341 e. The maximum absolute atomic E-state index is 12.6. The fourth-order valence-electron chi connectivity index (χ4n) is 2.96. The van der Waals surface area contributed by atoms with Crippen LogP contribution in [0.1, 0.15) is 33.3 Å². The van der Waals surface area contributed by atoms with Crippen LogP contribution in [0.5, 0.6) is 0 Å². The molecule has 20 heavy (non-hydrogen) atoms. The summed E-state index contributed by atoms with van der Waals surface area (Å²) in [5, 5.41) is 4.14. The molecule has 1 aromatic heterocycles. The Morgan fingerprint density at radius 2 is 2.15 bits per heavy atom. The van der Waals surface area contributed by atoms with Crippen molar-refractivity contribution in [2.75, 3.05) is 7.05 Å². The van der Waals surface area contributed by atoms with Crippen LogP contribution in [-0.2, 0) is 18.4 Å². The molecule has 2 rings (SSSR count). The van der Waals surface area contributed by atoms with E-state index >= 15 is 0 Å². The van der Waals surface area contributed by atoms with Crippen molar-refractivity contribution >= 4 is 5.91 Å². The molecule has 0 unspecified atom stereocenters. The number of aryl methyl sites for hydroxylation is 1. The number of nitrogens with zero attached hydrogens (tertiary/aromatic N) is 3. The lowest BCUT2D eigenvalue weighted by Crippen LogP contribution is -2.29. The second-order valence-corrected chi connectivity index (χ2v) is 6.79. The van der Waals surface area contributed by atoms with Crippen molar-refractivity contribution in [3.8, 4) is 0 Å². The van der Waals surface area contributed by atoms with Crippen LogP contribution >= 0.6 is 0 Å². The first-order valence-electron chi connectivity index (χ1n) is 7.11. The third-order valence-corrected chi connectivity index (χ3v) is 4.24. The van der Waals surface area contributed by atoms with E-state index in [1.165, 1.54) is 5.57 Å². The number of hydrogen-bond acceptors (Lipinski definition) is 2. The van der Waals surface area contributed by atoms with Gasteiger partial charge in [0.2, 0.25) is 5.91 Å². The minimum absolute atomic E-state index is 0.0809. The van der Waals surface area contributed by atoms with E-state index < -0.39 is 0 Å². The van der Waals surface area contributed by atoms with Crippen molar-refractivity contribution in [3.05, 3.63) is 29.6 Å². The second kappa shape index (κ2) is 5.08. The molecular weight excluding hydrogens is 250 g/mol. The lowest BCUT2D eigenvalue weighted by molar-refractivity contribution is -0.132. The Morgan fingerprint density at radius 1 is 1.50 bits per heavy atom. The van der Waals surface area contributed by atoms with Gasteiger partial charge in [0.15, 0.2) is 0 Å². The molecule has 1 aliphatic rings. The van der Waals surface area contributed by atoms with Gasteiger partial charge in [-0.3, -0.25) is 9.48 Å². The van der Waals surface area contributed by atoms with E-state index in [2.05, 4.69) is 38.9 Å². The van der Waals surface area contributed by atoms with Crippen molar-refractivity contribution in [2.45, 2.75) is 34.2 Å². The fourth-order valence-corrected chi connectivity index (χ4v) is 2.96. The highest BCUT2D eigenvalue weighted by atomic mass is 16.2. The van der Waals surface area contributed by atoms with E-state index in [0.717, 1.165) is 5.56 Å². The molecule has 1 fully saturated rings. The summed E-state index contributed by atoms with van der Waals surface area (Å²) in [7, 11) is 3.77. The standard InChI is InChI=1S/C16H25N3O/c1-11(2)7-13-14(16(13,3)4)15(20)18(5)9-12-8-17-19(6)10-12/h7-8,10,13-14H,9H2,1-6H3/t13-,14-/m1/s1. The van der Waals surface area contributed by atoms with Crippen molar-refractivity contribution in [1.82, 2.24) is 14.7 Å². The van der Waals surface area contributed by atoms with Crippen LogP contribution in [0.3, 0.4) is 0 Å². The lowest BCUT2D eigenvalue weighted by atomic mass is 10.1. The Kier molecular flexibility index (Phi) is 3.76. The molecule has 0 aliphatic heterocycles. The van der Waals surface area contributed by atoms with Gasteiger partial charge < -0.3 is 4.90 Å². The zero-order valence-corrected chi connectivity index (χ0v) is 13.3. The van der Waals surface area contributed by atoms with Gasteiger partial charge in [-0.15, -0.1) is 0 Å². The molecule has 4 heteroatoms. The normalized spacial score (nSPS) is 23.3. The number of rotatable bonds is 4. The van der Waals surface area contributed by atoms with Crippen molar-refractivity contribution in [3.63, 3.8) is 0 Å². The van der Waals surface area contributed by atoms with Crippen LogP contribution in [0.2, 0.25) is 0 Å². The molecule has 1 saturated carbocycles. The number of allylic oxidation sites excluding steroid dienone is 2. The minimum Gasteiger partial charge on any atom is -0.341 e. The van der Waals surface area contributed by atoms with E-state index in [9.17, 15) is 4.79 Å². The number of hydrogen-bond donors (Lipinski definition) is 0. The zero-order valence-electron chi connectivity index (χ0n) is 13.3. The number of aromatic nitrogens is 2. The molecule has 1 aliphatic carbocycles. The van der Waals surface area contributed by atoms with Gasteiger partial charge >= 0.3 is 0 Å². The Bertz CT molecular complexity index is 538. The summed E-state index contributed by atoms with van der Waals surface area (Å²) in [6, 6.07) is 0. The molecular formula is C16H25N3O. The van der Waals surface area contributed by atoms with Crippen LogP contribution in [0, 0.1) is 17.3 Å². The van der Waals surface area contributed by atoms with Gasteiger partial charge in [0.25, 0.3) is 0 Å². The van der Waals surface area contributed by atoms with Crippen LogP contribution < -0.4 is 0 Å². The summed E-state index contributed by atoms with van der Waals surface area (Å²) < 4.78 is 1.76. The van der Waals surface area contributed by atoms with Crippen molar-refractivity contribution in [2.24, 2.45) is 24.3 Å². The fraction of sp³-hybridized carbons (Fsp3) is 0.625. The molecule has 1 amide bonds. The summed E-state index contributed by atoms with van der Waals surface area (Å²) >= 11 is 0. The predicted molar refractivity (Wildman–Crippen MR) is 79.9 cm³/mol. The quantitative estimate of drug-likeness (QED) is 0.792. The molecule has 110 valence electrons. The second-order valence-electron chi connectivity index (χ2n) is 6.79. The molecule has 0 bridgehead atoms. The molecule has 1 aromatic rings. The Hall–Kier alpha value is -1.58.